The number of nitrogens with one attached hydrogen (secondary N) is 2. The van der Waals surface area contributed by atoms with Crippen LogP contribution in [0.3, 0.4) is 0 Å². The summed E-state index contributed by atoms with van der Waals surface area (Å²) in [5.41, 5.74) is 6.91. The lowest BCUT2D eigenvalue weighted by atomic mass is 9.95. The van der Waals surface area contributed by atoms with Crippen LogP contribution in [0.5, 0.6) is 0 Å². The predicted molar refractivity (Wildman–Crippen MR) is 145 cm³/mol. The first kappa shape index (κ1) is 23.9. The Bertz CT molecular complexity index is 1680. The molecule has 37 heavy (non-hydrogen) atoms. The monoisotopic (exact) mass is 490 g/mol. The number of aryl methyl sites for hydroxylation is 4. The highest BCUT2D eigenvalue weighted by Crippen LogP contribution is 2.26. The Morgan fingerprint density at radius 2 is 1.81 bits per heavy atom. The highest BCUT2D eigenvalue weighted by Gasteiger charge is 2.18. The number of carbonyl (C=O) groups excluding carboxylic acids is 2. The van der Waals surface area contributed by atoms with Crippen molar-refractivity contribution in [1.82, 2.24) is 25.0 Å². The molecular formula is C29H26N6O2. The van der Waals surface area contributed by atoms with Crippen molar-refractivity contribution in [2.75, 3.05) is 5.32 Å². The van der Waals surface area contributed by atoms with Crippen LogP contribution in [0.15, 0.2) is 60.8 Å². The fourth-order valence-corrected chi connectivity index (χ4v) is 4.34. The van der Waals surface area contributed by atoms with Gasteiger partial charge in [0.05, 0.1) is 22.6 Å². The van der Waals surface area contributed by atoms with E-state index in [-0.39, 0.29) is 11.7 Å². The van der Waals surface area contributed by atoms with Gasteiger partial charge < -0.3 is 5.32 Å². The van der Waals surface area contributed by atoms with E-state index >= 15 is 0 Å². The Labute approximate surface area is 214 Å². The van der Waals surface area contributed by atoms with Crippen molar-refractivity contribution in [2.24, 2.45) is 7.05 Å². The molecule has 0 aliphatic heterocycles. The Morgan fingerprint density at radius 3 is 2.54 bits per heavy atom. The Kier molecular flexibility index (Phi) is 6.23. The van der Waals surface area contributed by atoms with Gasteiger partial charge in [0.15, 0.2) is 5.78 Å². The molecule has 0 aliphatic rings. The standard InChI is InChI=1S/C29H26N6O2/c1-17-13-18(2)25(31-29(37)27-14-19(3)34-35(27)4)16-23(17)28(36)20-8-10-22-24(32-33-26(22)15-20)11-9-21-7-5-6-12-30-21/h5-16H,1-4H3,(H,31,37)(H,32,33)/b11-9+. The molecule has 8 nitrogen and oxygen atoms in total. The molecule has 0 radical (unpaired) electrons. The SMILES string of the molecule is Cc1cc(C(=O)Nc2cc(C(=O)c3ccc4c(/C=C/c5ccccn5)n[nH]c4c3)c(C)cc2C)n(C)n1. The number of ketones is 1. The highest BCUT2D eigenvalue weighted by atomic mass is 16.2. The normalized spacial score (nSPS) is 11.4. The van der Waals surface area contributed by atoms with Crippen LogP contribution >= 0.6 is 0 Å². The van der Waals surface area contributed by atoms with Crippen molar-refractivity contribution in [1.29, 1.82) is 0 Å². The van der Waals surface area contributed by atoms with Crippen LogP contribution < -0.4 is 5.32 Å². The number of fused-ring (bicyclic) bond motifs is 1. The number of hydrogen-bond donors (Lipinski definition) is 2. The van der Waals surface area contributed by atoms with Crippen molar-refractivity contribution in [3.8, 4) is 0 Å². The molecule has 1 amide bonds. The van der Waals surface area contributed by atoms with E-state index in [1.54, 1.807) is 42.2 Å². The Morgan fingerprint density at radius 1 is 0.973 bits per heavy atom. The zero-order chi connectivity index (χ0) is 26.1. The minimum atomic E-state index is -0.279. The van der Waals surface area contributed by atoms with Gasteiger partial charge in [0.2, 0.25) is 0 Å². The second kappa shape index (κ2) is 9.66. The molecule has 0 unspecified atom stereocenters. The Balaban J connectivity index is 1.42. The summed E-state index contributed by atoms with van der Waals surface area (Å²) in [4.78, 5) is 30.7. The zero-order valence-electron chi connectivity index (χ0n) is 21.0. The highest BCUT2D eigenvalue weighted by molar-refractivity contribution is 6.13. The summed E-state index contributed by atoms with van der Waals surface area (Å²) < 4.78 is 1.54. The fourth-order valence-electron chi connectivity index (χ4n) is 4.34. The first-order valence-electron chi connectivity index (χ1n) is 11.9. The lowest BCUT2D eigenvalue weighted by Crippen LogP contribution is -2.17. The number of pyridine rings is 1. The second-order valence-corrected chi connectivity index (χ2v) is 9.02. The van der Waals surface area contributed by atoms with Crippen LogP contribution in [-0.2, 0) is 7.05 Å². The summed E-state index contributed by atoms with van der Waals surface area (Å²) in [5.74, 6) is -0.412. The van der Waals surface area contributed by atoms with Crippen molar-refractivity contribution in [3.63, 3.8) is 0 Å². The van der Waals surface area contributed by atoms with E-state index < -0.39 is 0 Å². The third kappa shape index (κ3) is 4.81. The summed E-state index contributed by atoms with van der Waals surface area (Å²) >= 11 is 0. The topological polar surface area (TPSA) is 106 Å². The van der Waals surface area contributed by atoms with Gasteiger partial charge in [-0.15, -0.1) is 0 Å². The molecule has 5 rings (SSSR count). The van der Waals surface area contributed by atoms with Gasteiger partial charge >= 0.3 is 0 Å². The van der Waals surface area contributed by atoms with Crippen molar-refractivity contribution in [3.05, 3.63) is 106 Å². The van der Waals surface area contributed by atoms with Gasteiger partial charge in [-0.3, -0.25) is 24.4 Å². The quantitative estimate of drug-likeness (QED) is 0.316. The lowest BCUT2D eigenvalue weighted by molar-refractivity contribution is 0.101. The van der Waals surface area contributed by atoms with Crippen LogP contribution in [0.25, 0.3) is 23.1 Å². The minimum absolute atomic E-state index is 0.133. The average molecular weight is 491 g/mol. The van der Waals surface area contributed by atoms with Gasteiger partial charge in [-0.1, -0.05) is 18.2 Å². The van der Waals surface area contributed by atoms with E-state index in [2.05, 4.69) is 25.6 Å². The maximum atomic E-state index is 13.5. The number of rotatable bonds is 6. The van der Waals surface area contributed by atoms with Gasteiger partial charge in [0, 0.05) is 35.4 Å². The molecule has 184 valence electrons. The summed E-state index contributed by atoms with van der Waals surface area (Å²) in [5, 5.41) is 15.5. The number of benzene rings is 2. The number of hydrogen-bond acceptors (Lipinski definition) is 5. The third-order valence-electron chi connectivity index (χ3n) is 6.25. The number of anilines is 1. The number of nitrogens with zero attached hydrogens (tertiary/aromatic N) is 4. The number of aromatic nitrogens is 5. The lowest BCUT2D eigenvalue weighted by Gasteiger charge is -2.13. The molecular weight excluding hydrogens is 464 g/mol. The number of H-pyrrole nitrogens is 1. The molecule has 3 heterocycles. The van der Waals surface area contributed by atoms with Crippen LogP contribution in [-0.4, -0.2) is 36.7 Å². The molecule has 0 fully saturated rings. The van der Waals surface area contributed by atoms with Crippen LogP contribution in [0.1, 0.15) is 54.6 Å². The molecule has 8 heteroatoms. The molecule has 0 bridgehead atoms. The molecule has 0 aliphatic carbocycles. The second-order valence-electron chi connectivity index (χ2n) is 9.02. The van der Waals surface area contributed by atoms with E-state index in [0.717, 1.165) is 39.1 Å². The maximum Gasteiger partial charge on any atom is 0.273 e. The van der Waals surface area contributed by atoms with Gasteiger partial charge in [-0.25, -0.2) is 0 Å². The van der Waals surface area contributed by atoms with Crippen LogP contribution in [0.4, 0.5) is 5.69 Å². The minimum Gasteiger partial charge on any atom is -0.320 e. The van der Waals surface area contributed by atoms with Gasteiger partial charge in [0.25, 0.3) is 5.91 Å². The molecule has 0 saturated carbocycles. The number of aromatic amines is 1. The van der Waals surface area contributed by atoms with Crippen molar-refractivity contribution >= 4 is 40.4 Å². The molecule has 3 aromatic heterocycles. The zero-order valence-corrected chi connectivity index (χ0v) is 21.0. The summed E-state index contributed by atoms with van der Waals surface area (Å²) in [7, 11) is 1.73. The summed E-state index contributed by atoms with van der Waals surface area (Å²) in [6, 6.07) is 16.6. The number of amides is 1. The molecule has 0 spiro atoms. The predicted octanol–water partition coefficient (Wildman–Crippen LogP) is 5.27. The smallest absolute Gasteiger partial charge is 0.273 e. The van der Waals surface area contributed by atoms with Gasteiger partial charge in [-0.05, 0) is 80.4 Å². The van der Waals surface area contributed by atoms with Crippen LogP contribution in [0.2, 0.25) is 0 Å². The first-order valence-corrected chi connectivity index (χ1v) is 11.9. The molecule has 2 N–H and O–H groups in total. The molecule has 5 aromatic rings. The van der Waals surface area contributed by atoms with E-state index in [1.807, 2.05) is 63.3 Å². The van der Waals surface area contributed by atoms with Crippen molar-refractivity contribution < 1.29 is 9.59 Å². The van der Waals surface area contributed by atoms with Crippen LogP contribution in [0, 0.1) is 20.8 Å². The fraction of sp³-hybridized carbons (Fsp3) is 0.138. The van der Waals surface area contributed by atoms with E-state index in [4.69, 9.17) is 0 Å². The molecule has 0 saturated heterocycles. The summed E-state index contributed by atoms with van der Waals surface area (Å²) in [6.45, 7) is 5.63. The summed E-state index contributed by atoms with van der Waals surface area (Å²) in [6.07, 6.45) is 5.53. The molecule has 2 aromatic carbocycles. The first-order chi connectivity index (χ1) is 17.8. The third-order valence-corrected chi connectivity index (χ3v) is 6.25. The maximum absolute atomic E-state index is 13.5. The van der Waals surface area contributed by atoms with E-state index in [0.29, 0.717) is 22.5 Å². The molecule has 0 atom stereocenters. The van der Waals surface area contributed by atoms with Gasteiger partial charge in [-0.2, -0.15) is 10.2 Å². The van der Waals surface area contributed by atoms with Crippen molar-refractivity contribution in [2.45, 2.75) is 20.8 Å². The largest absolute Gasteiger partial charge is 0.320 e. The average Bonchev–Trinajstić information content (AvgIpc) is 3.45. The van der Waals surface area contributed by atoms with E-state index in [9.17, 15) is 9.59 Å². The Hall–Kier alpha value is -4.85. The number of carbonyl (C=O) groups is 2. The van der Waals surface area contributed by atoms with Gasteiger partial charge in [0.1, 0.15) is 5.69 Å². The van der Waals surface area contributed by atoms with E-state index in [1.165, 1.54) is 0 Å².